The van der Waals surface area contributed by atoms with Crippen molar-refractivity contribution in [1.29, 1.82) is 0 Å². The van der Waals surface area contributed by atoms with E-state index in [1.807, 2.05) is 32.0 Å². The van der Waals surface area contributed by atoms with Crippen LogP contribution in [0.4, 0.5) is 10.1 Å². The second-order valence-electron chi connectivity index (χ2n) is 5.73. The van der Waals surface area contributed by atoms with Gasteiger partial charge in [0.1, 0.15) is 5.82 Å². The van der Waals surface area contributed by atoms with E-state index in [-0.39, 0.29) is 11.7 Å². The first kappa shape index (κ1) is 16.5. The van der Waals surface area contributed by atoms with Crippen LogP contribution in [-0.4, -0.2) is 11.1 Å². The Morgan fingerprint density at radius 2 is 1.79 bits per heavy atom. The third-order valence-corrected chi connectivity index (χ3v) is 4.69. The van der Waals surface area contributed by atoms with Gasteiger partial charge in [-0.2, -0.15) is 0 Å². The number of amidine groups is 1. The molecule has 122 valence electrons. The molecule has 3 nitrogen and oxygen atoms in total. The molecule has 0 radical (unpaired) electrons. The van der Waals surface area contributed by atoms with Crippen LogP contribution in [0, 0.1) is 26.6 Å². The number of carbonyl (C=O) groups excluding carboxylic acids is 1. The van der Waals surface area contributed by atoms with E-state index < -0.39 is 0 Å². The largest absolute Gasteiger partial charge is 0.300 e. The van der Waals surface area contributed by atoms with Crippen molar-refractivity contribution in [1.82, 2.24) is 5.32 Å². The maximum absolute atomic E-state index is 13.3. The molecule has 0 aromatic heterocycles. The Labute approximate surface area is 144 Å². The van der Waals surface area contributed by atoms with Gasteiger partial charge in [0, 0.05) is 0 Å². The van der Waals surface area contributed by atoms with E-state index in [0.717, 1.165) is 22.4 Å². The summed E-state index contributed by atoms with van der Waals surface area (Å²) in [6, 6.07) is 10.8. The Morgan fingerprint density at radius 3 is 2.46 bits per heavy atom. The van der Waals surface area contributed by atoms with Crippen molar-refractivity contribution in [3.8, 4) is 0 Å². The monoisotopic (exact) mass is 340 g/mol. The number of thioether (sulfide) groups is 1. The topological polar surface area (TPSA) is 41.5 Å². The molecule has 2 aromatic rings. The summed E-state index contributed by atoms with van der Waals surface area (Å²) in [6.07, 6.45) is 1.75. The zero-order valence-electron chi connectivity index (χ0n) is 13.7. The molecule has 1 aliphatic heterocycles. The minimum Gasteiger partial charge on any atom is -0.300 e. The van der Waals surface area contributed by atoms with Gasteiger partial charge in [-0.25, -0.2) is 9.38 Å². The minimum atomic E-state index is -0.252. The fourth-order valence-electron chi connectivity index (χ4n) is 2.47. The van der Waals surface area contributed by atoms with Crippen LogP contribution in [0.5, 0.6) is 0 Å². The summed E-state index contributed by atoms with van der Waals surface area (Å²) in [5.74, 6) is -0.440. The number of para-hydroxylation sites is 1. The predicted molar refractivity (Wildman–Crippen MR) is 97.9 cm³/mol. The van der Waals surface area contributed by atoms with Crippen LogP contribution in [0.15, 0.2) is 46.3 Å². The second-order valence-corrected chi connectivity index (χ2v) is 6.76. The molecule has 1 N–H and O–H groups in total. The van der Waals surface area contributed by atoms with Gasteiger partial charge in [-0.05, 0) is 73.0 Å². The van der Waals surface area contributed by atoms with Crippen LogP contribution in [0.1, 0.15) is 22.3 Å². The van der Waals surface area contributed by atoms with Crippen molar-refractivity contribution >= 4 is 34.6 Å². The highest BCUT2D eigenvalue weighted by molar-refractivity contribution is 8.18. The maximum atomic E-state index is 13.3. The standard InChI is InChI=1S/C19H17FN2OS/c1-11-5-4-6-12(2)17(11)21-19-22-18(23)16(24-19)10-14-7-8-15(20)13(3)9-14/h4-10H,1-3H3,(H,21,22,23)/b16-10-. The third kappa shape index (κ3) is 3.41. The molecule has 1 amide bonds. The summed E-state index contributed by atoms with van der Waals surface area (Å²) in [7, 11) is 0. The van der Waals surface area contributed by atoms with Crippen LogP contribution in [0.25, 0.3) is 6.08 Å². The fourth-order valence-corrected chi connectivity index (χ4v) is 3.30. The molecule has 24 heavy (non-hydrogen) atoms. The zero-order valence-corrected chi connectivity index (χ0v) is 14.5. The van der Waals surface area contributed by atoms with Crippen LogP contribution in [-0.2, 0) is 4.79 Å². The first-order valence-corrected chi connectivity index (χ1v) is 8.37. The second kappa shape index (κ2) is 6.61. The lowest BCUT2D eigenvalue weighted by Crippen LogP contribution is -2.19. The summed E-state index contributed by atoms with van der Waals surface area (Å²) in [5.41, 5.74) is 4.34. The zero-order chi connectivity index (χ0) is 17.3. The average molecular weight is 340 g/mol. The predicted octanol–water partition coefficient (Wildman–Crippen LogP) is 4.64. The normalized spacial score (nSPS) is 17.6. The minimum absolute atomic E-state index is 0.188. The van der Waals surface area contributed by atoms with Crippen molar-refractivity contribution in [3.63, 3.8) is 0 Å². The molecule has 1 saturated heterocycles. The van der Waals surface area contributed by atoms with E-state index in [0.29, 0.717) is 15.6 Å². The van der Waals surface area contributed by atoms with Gasteiger partial charge in [0.05, 0.1) is 10.6 Å². The Kier molecular flexibility index (Phi) is 4.53. The quantitative estimate of drug-likeness (QED) is 0.809. The first-order chi connectivity index (χ1) is 11.4. The van der Waals surface area contributed by atoms with Crippen LogP contribution in [0.2, 0.25) is 0 Å². The van der Waals surface area contributed by atoms with Crippen molar-refractivity contribution in [2.45, 2.75) is 20.8 Å². The molecule has 1 fully saturated rings. The Morgan fingerprint density at radius 1 is 1.08 bits per heavy atom. The molecule has 5 heteroatoms. The lowest BCUT2D eigenvalue weighted by atomic mass is 10.1. The molecule has 1 heterocycles. The summed E-state index contributed by atoms with van der Waals surface area (Å²) in [6.45, 7) is 5.69. The molecule has 0 bridgehead atoms. The fraction of sp³-hybridized carbons (Fsp3) is 0.158. The van der Waals surface area contributed by atoms with Gasteiger partial charge in [0.15, 0.2) is 5.17 Å². The van der Waals surface area contributed by atoms with Crippen molar-refractivity contribution < 1.29 is 9.18 Å². The molecule has 0 atom stereocenters. The number of carbonyl (C=O) groups is 1. The van der Waals surface area contributed by atoms with Gasteiger partial charge in [-0.15, -0.1) is 0 Å². The molecular formula is C19H17FN2OS. The van der Waals surface area contributed by atoms with Crippen LogP contribution < -0.4 is 5.32 Å². The molecule has 3 rings (SSSR count). The lowest BCUT2D eigenvalue weighted by Gasteiger charge is -2.04. The molecular weight excluding hydrogens is 323 g/mol. The van der Waals surface area contributed by atoms with Crippen molar-refractivity contribution in [3.05, 3.63) is 69.4 Å². The Bertz CT molecular complexity index is 867. The van der Waals surface area contributed by atoms with E-state index in [1.165, 1.54) is 17.8 Å². The lowest BCUT2D eigenvalue weighted by molar-refractivity contribution is -0.115. The number of aliphatic imine (C=N–C) groups is 1. The number of hydrogen-bond acceptors (Lipinski definition) is 3. The highest BCUT2D eigenvalue weighted by Gasteiger charge is 2.24. The van der Waals surface area contributed by atoms with E-state index >= 15 is 0 Å². The van der Waals surface area contributed by atoms with Crippen LogP contribution >= 0.6 is 11.8 Å². The smallest absolute Gasteiger partial charge is 0.264 e. The number of amides is 1. The van der Waals surface area contributed by atoms with Gasteiger partial charge in [0.25, 0.3) is 5.91 Å². The molecule has 0 spiro atoms. The van der Waals surface area contributed by atoms with Gasteiger partial charge < -0.3 is 5.32 Å². The number of halogens is 1. The summed E-state index contributed by atoms with van der Waals surface area (Å²) in [5, 5.41) is 3.34. The molecule has 0 aliphatic carbocycles. The molecule has 0 saturated carbocycles. The van der Waals surface area contributed by atoms with E-state index in [1.54, 1.807) is 25.1 Å². The van der Waals surface area contributed by atoms with Crippen LogP contribution in [0.3, 0.4) is 0 Å². The number of nitrogens with one attached hydrogen (secondary N) is 1. The highest BCUT2D eigenvalue weighted by Crippen LogP contribution is 2.30. The third-order valence-electron chi connectivity index (χ3n) is 3.78. The van der Waals surface area contributed by atoms with Gasteiger partial charge >= 0.3 is 0 Å². The SMILES string of the molecule is Cc1cc(/C=C2\SC(=Nc3c(C)cccc3C)NC2=O)ccc1F. The number of rotatable bonds is 2. The summed E-state index contributed by atoms with van der Waals surface area (Å²) >= 11 is 1.29. The van der Waals surface area contributed by atoms with Crippen molar-refractivity contribution in [2.75, 3.05) is 0 Å². The van der Waals surface area contributed by atoms with E-state index in [9.17, 15) is 9.18 Å². The number of benzene rings is 2. The van der Waals surface area contributed by atoms with Gasteiger partial charge in [-0.3, -0.25) is 4.79 Å². The molecule has 0 unspecified atom stereocenters. The van der Waals surface area contributed by atoms with Gasteiger partial charge in [-0.1, -0.05) is 24.3 Å². The van der Waals surface area contributed by atoms with Crippen molar-refractivity contribution in [2.24, 2.45) is 4.99 Å². The number of aryl methyl sites for hydroxylation is 3. The summed E-state index contributed by atoms with van der Waals surface area (Å²) < 4.78 is 13.3. The average Bonchev–Trinajstić information content (AvgIpc) is 2.87. The Hall–Kier alpha value is -2.40. The number of nitrogens with zero attached hydrogens (tertiary/aromatic N) is 1. The molecule has 2 aromatic carbocycles. The van der Waals surface area contributed by atoms with E-state index in [4.69, 9.17) is 0 Å². The summed E-state index contributed by atoms with van der Waals surface area (Å²) in [4.78, 5) is 17.3. The van der Waals surface area contributed by atoms with E-state index in [2.05, 4.69) is 10.3 Å². The van der Waals surface area contributed by atoms with Gasteiger partial charge in [0.2, 0.25) is 0 Å². The maximum Gasteiger partial charge on any atom is 0.264 e. The number of hydrogen-bond donors (Lipinski definition) is 1. The first-order valence-electron chi connectivity index (χ1n) is 7.56. The highest BCUT2D eigenvalue weighted by atomic mass is 32.2. The Balaban J connectivity index is 1.89. The molecule has 1 aliphatic rings.